The summed E-state index contributed by atoms with van der Waals surface area (Å²) < 4.78 is 8.81. The molecule has 4 aromatic rings. The maximum Gasteiger partial charge on any atom is 0.233 e. The van der Waals surface area contributed by atoms with Gasteiger partial charge in [0.15, 0.2) is 16.7 Å². The van der Waals surface area contributed by atoms with Crippen LogP contribution in [0.5, 0.6) is 0 Å². The molecule has 0 atom stereocenters. The predicted molar refractivity (Wildman–Crippen MR) is 130 cm³/mol. The van der Waals surface area contributed by atoms with Crippen LogP contribution in [0, 0.1) is 0 Å². The SMILES string of the molecule is Cn1c(SCC(=O)N2CCN(c3ccccc3)CC2)nnc1-c1cc2cc(Br)ccc2o1. The molecule has 1 amide bonds. The molecule has 0 aliphatic carbocycles. The number of amides is 1. The molecule has 5 rings (SSSR count). The first-order valence-corrected chi connectivity index (χ1v) is 12.2. The highest BCUT2D eigenvalue weighted by atomic mass is 79.9. The number of aromatic nitrogens is 3. The fourth-order valence-electron chi connectivity index (χ4n) is 3.85. The van der Waals surface area contributed by atoms with Gasteiger partial charge in [0.25, 0.3) is 0 Å². The van der Waals surface area contributed by atoms with Gasteiger partial charge in [-0.15, -0.1) is 10.2 Å². The molecule has 0 N–H and O–H groups in total. The molecule has 3 heterocycles. The number of anilines is 1. The Morgan fingerprint density at radius 2 is 1.84 bits per heavy atom. The van der Waals surface area contributed by atoms with Crippen LogP contribution in [0.25, 0.3) is 22.6 Å². The lowest BCUT2D eigenvalue weighted by molar-refractivity contribution is -0.128. The molecule has 9 heteroatoms. The van der Waals surface area contributed by atoms with E-state index in [-0.39, 0.29) is 5.91 Å². The number of hydrogen-bond donors (Lipinski definition) is 0. The van der Waals surface area contributed by atoms with E-state index < -0.39 is 0 Å². The molecule has 0 radical (unpaired) electrons. The number of piperazine rings is 1. The van der Waals surface area contributed by atoms with Crippen LogP contribution in [0.3, 0.4) is 0 Å². The van der Waals surface area contributed by atoms with E-state index in [1.54, 1.807) is 0 Å². The molecule has 164 valence electrons. The standard InChI is InChI=1S/C23H22BrN5O2S/c1-27-22(20-14-16-13-17(24)7-8-19(16)31-20)25-26-23(27)32-15-21(30)29-11-9-28(10-12-29)18-5-3-2-4-6-18/h2-8,13-14H,9-12,15H2,1H3. The molecule has 1 fully saturated rings. The van der Waals surface area contributed by atoms with E-state index in [1.165, 1.54) is 17.4 Å². The lowest BCUT2D eigenvalue weighted by Gasteiger charge is -2.36. The molecule has 0 bridgehead atoms. The van der Waals surface area contributed by atoms with Gasteiger partial charge in [0.2, 0.25) is 5.91 Å². The Bertz CT molecular complexity index is 1250. The summed E-state index contributed by atoms with van der Waals surface area (Å²) in [6.07, 6.45) is 0. The van der Waals surface area contributed by atoms with Gasteiger partial charge < -0.3 is 18.8 Å². The van der Waals surface area contributed by atoms with E-state index in [0.29, 0.717) is 22.5 Å². The summed E-state index contributed by atoms with van der Waals surface area (Å²) in [7, 11) is 1.89. The number of nitrogens with zero attached hydrogens (tertiary/aromatic N) is 5. The molecule has 1 saturated heterocycles. The third kappa shape index (κ3) is 4.27. The van der Waals surface area contributed by atoms with Crippen molar-refractivity contribution >= 4 is 50.3 Å². The fourth-order valence-corrected chi connectivity index (χ4v) is 5.04. The number of furan rings is 1. The van der Waals surface area contributed by atoms with Crippen molar-refractivity contribution in [3.63, 3.8) is 0 Å². The first kappa shape index (κ1) is 21.1. The van der Waals surface area contributed by atoms with Crippen molar-refractivity contribution in [1.82, 2.24) is 19.7 Å². The number of hydrogen-bond acceptors (Lipinski definition) is 6. The highest BCUT2D eigenvalue weighted by Gasteiger charge is 2.22. The molecule has 7 nitrogen and oxygen atoms in total. The van der Waals surface area contributed by atoms with Gasteiger partial charge >= 0.3 is 0 Å². The van der Waals surface area contributed by atoms with Crippen molar-refractivity contribution in [1.29, 1.82) is 0 Å². The third-order valence-electron chi connectivity index (χ3n) is 5.61. The van der Waals surface area contributed by atoms with E-state index >= 15 is 0 Å². The van der Waals surface area contributed by atoms with Gasteiger partial charge in [-0.3, -0.25) is 4.79 Å². The molecular formula is C23H22BrN5O2S. The first-order chi connectivity index (χ1) is 15.6. The van der Waals surface area contributed by atoms with Gasteiger partial charge in [0.1, 0.15) is 5.58 Å². The Labute approximate surface area is 198 Å². The minimum absolute atomic E-state index is 0.126. The predicted octanol–water partition coefficient (Wildman–Crippen LogP) is 4.43. The number of para-hydroxylation sites is 1. The van der Waals surface area contributed by atoms with E-state index in [1.807, 2.05) is 59.0 Å². The number of thioether (sulfide) groups is 1. The van der Waals surface area contributed by atoms with Crippen LogP contribution in [0.2, 0.25) is 0 Å². The topological polar surface area (TPSA) is 67.4 Å². The summed E-state index contributed by atoms with van der Waals surface area (Å²) in [5, 5.41) is 10.3. The highest BCUT2D eigenvalue weighted by molar-refractivity contribution is 9.10. The number of fused-ring (bicyclic) bond motifs is 1. The normalized spacial score (nSPS) is 14.3. The average Bonchev–Trinajstić information content (AvgIpc) is 3.40. The highest BCUT2D eigenvalue weighted by Crippen LogP contribution is 2.30. The lowest BCUT2D eigenvalue weighted by Crippen LogP contribution is -2.49. The quantitative estimate of drug-likeness (QED) is 0.369. The molecule has 2 aromatic carbocycles. The number of carbonyl (C=O) groups is 1. The van der Waals surface area contributed by atoms with Crippen LogP contribution < -0.4 is 4.90 Å². The van der Waals surface area contributed by atoms with Crippen molar-refractivity contribution in [3.8, 4) is 11.6 Å². The Kier molecular flexibility index (Phi) is 5.93. The zero-order chi connectivity index (χ0) is 22.1. The summed E-state index contributed by atoms with van der Waals surface area (Å²) in [4.78, 5) is 17.0. The van der Waals surface area contributed by atoms with Crippen LogP contribution in [0.1, 0.15) is 0 Å². The second-order valence-electron chi connectivity index (χ2n) is 7.65. The first-order valence-electron chi connectivity index (χ1n) is 10.4. The van der Waals surface area contributed by atoms with Gasteiger partial charge in [0, 0.05) is 48.8 Å². The molecule has 1 aliphatic heterocycles. The van der Waals surface area contributed by atoms with Crippen LogP contribution in [-0.2, 0) is 11.8 Å². The summed E-state index contributed by atoms with van der Waals surface area (Å²) in [5.74, 6) is 1.76. The second-order valence-corrected chi connectivity index (χ2v) is 9.51. The summed E-state index contributed by atoms with van der Waals surface area (Å²) in [6.45, 7) is 3.15. The second kappa shape index (κ2) is 8.99. The summed E-state index contributed by atoms with van der Waals surface area (Å²) >= 11 is 4.89. The van der Waals surface area contributed by atoms with Gasteiger partial charge in [0.05, 0.1) is 5.75 Å². The fraction of sp³-hybridized carbons (Fsp3) is 0.261. The van der Waals surface area contributed by atoms with Gasteiger partial charge in [-0.2, -0.15) is 0 Å². The van der Waals surface area contributed by atoms with E-state index in [9.17, 15) is 4.79 Å². The van der Waals surface area contributed by atoms with Crippen molar-refractivity contribution < 1.29 is 9.21 Å². The molecule has 2 aromatic heterocycles. The van der Waals surface area contributed by atoms with Crippen LogP contribution in [-0.4, -0.2) is 57.5 Å². The van der Waals surface area contributed by atoms with Crippen LogP contribution >= 0.6 is 27.7 Å². The smallest absolute Gasteiger partial charge is 0.233 e. The zero-order valence-electron chi connectivity index (χ0n) is 17.6. The maximum absolute atomic E-state index is 12.8. The molecular weight excluding hydrogens is 490 g/mol. The minimum Gasteiger partial charge on any atom is -0.453 e. The molecule has 0 unspecified atom stereocenters. The van der Waals surface area contributed by atoms with Crippen molar-refractivity contribution in [2.75, 3.05) is 36.8 Å². The zero-order valence-corrected chi connectivity index (χ0v) is 20.0. The minimum atomic E-state index is 0.126. The number of rotatable bonds is 5. The Hall–Kier alpha value is -2.78. The van der Waals surface area contributed by atoms with Crippen molar-refractivity contribution in [2.24, 2.45) is 7.05 Å². The maximum atomic E-state index is 12.8. The summed E-state index contributed by atoms with van der Waals surface area (Å²) in [5.41, 5.74) is 2.00. The number of halogens is 1. The Morgan fingerprint density at radius 1 is 1.06 bits per heavy atom. The lowest BCUT2D eigenvalue weighted by atomic mass is 10.2. The van der Waals surface area contributed by atoms with Crippen molar-refractivity contribution in [2.45, 2.75) is 5.16 Å². The molecule has 0 saturated carbocycles. The van der Waals surface area contributed by atoms with E-state index in [4.69, 9.17) is 4.42 Å². The average molecular weight is 512 g/mol. The largest absolute Gasteiger partial charge is 0.453 e. The Morgan fingerprint density at radius 3 is 2.62 bits per heavy atom. The van der Waals surface area contributed by atoms with Gasteiger partial charge in [-0.05, 0) is 36.4 Å². The molecule has 32 heavy (non-hydrogen) atoms. The van der Waals surface area contributed by atoms with E-state index in [2.05, 4.69) is 43.2 Å². The molecule has 1 aliphatic rings. The Balaban J connectivity index is 1.20. The molecule has 0 spiro atoms. The number of carbonyl (C=O) groups excluding carboxylic acids is 1. The van der Waals surface area contributed by atoms with E-state index in [0.717, 1.165) is 41.6 Å². The van der Waals surface area contributed by atoms with Crippen LogP contribution in [0.4, 0.5) is 5.69 Å². The third-order valence-corrected chi connectivity index (χ3v) is 7.11. The summed E-state index contributed by atoms with van der Waals surface area (Å²) in [6, 6.07) is 18.2. The van der Waals surface area contributed by atoms with Crippen LogP contribution in [0.15, 0.2) is 68.6 Å². The van der Waals surface area contributed by atoms with Crippen molar-refractivity contribution in [3.05, 3.63) is 59.1 Å². The number of benzene rings is 2. The monoisotopic (exact) mass is 511 g/mol. The van der Waals surface area contributed by atoms with Gasteiger partial charge in [-0.25, -0.2) is 0 Å². The van der Waals surface area contributed by atoms with Gasteiger partial charge in [-0.1, -0.05) is 45.9 Å².